The number of amides is 1. The molecule has 0 radical (unpaired) electrons. The molecular weight excluding hydrogens is 305 g/mol. The van der Waals surface area contributed by atoms with Gasteiger partial charge in [-0.3, -0.25) is 4.79 Å². The van der Waals surface area contributed by atoms with Gasteiger partial charge in [-0.15, -0.1) is 0 Å². The summed E-state index contributed by atoms with van der Waals surface area (Å²) in [5.41, 5.74) is -3.44. The number of halogens is 3. The van der Waals surface area contributed by atoms with Gasteiger partial charge in [0.1, 0.15) is 5.75 Å². The lowest BCUT2D eigenvalue weighted by molar-refractivity contribution is -0.206. The first kappa shape index (κ1) is 17.6. The minimum Gasteiger partial charge on any atom is -0.497 e. The zero-order valence-corrected chi connectivity index (χ0v) is 12.1. The fourth-order valence-corrected chi connectivity index (χ4v) is 1.70. The van der Waals surface area contributed by atoms with Gasteiger partial charge in [0.2, 0.25) is 5.91 Å². The molecule has 0 fully saturated rings. The minimum atomic E-state index is -5.13. The van der Waals surface area contributed by atoms with Crippen molar-refractivity contribution in [1.82, 2.24) is 5.32 Å². The highest BCUT2D eigenvalue weighted by Gasteiger charge is 2.63. The van der Waals surface area contributed by atoms with Crippen molar-refractivity contribution in [3.63, 3.8) is 0 Å². The van der Waals surface area contributed by atoms with E-state index in [2.05, 4.69) is 4.74 Å². The average molecular weight is 320 g/mol. The van der Waals surface area contributed by atoms with Crippen molar-refractivity contribution in [3.05, 3.63) is 24.3 Å². The summed E-state index contributed by atoms with van der Waals surface area (Å²) >= 11 is 0. The van der Waals surface area contributed by atoms with E-state index in [9.17, 15) is 22.8 Å². The maximum atomic E-state index is 13.4. The topological polar surface area (TPSA) is 76.7 Å². The number of ether oxygens (including phenoxy) is 2. The van der Waals surface area contributed by atoms with E-state index in [1.54, 1.807) is 5.32 Å². The number of hydrogen-bond donors (Lipinski definition) is 2. The first-order chi connectivity index (χ1) is 10.2. The summed E-state index contributed by atoms with van der Waals surface area (Å²) in [5, 5.41) is 3.56. The lowest BCUT2D eigenvalue weighted by Crippen LogP contribution is -2.69. The Morgan fingerprint density at radius 2 is 1.64 bits per heavy atom. The number of hydrogen-bond acceptors (Lipinski definition) is 5. The fraction of sp³-hybridized carbons (Fsp3) is 0.385. The van der Waals surface area contributed by atoms with Crippen LogP contribution in [0.5, 0.6) is 5.75 Å². The van der Waals surface area contributed by atoms with E-state index in [1.165, 1.54) is 31.4 Å². The highest BCUT2D eigenvalue weighted by atomic mass is 19.4. The lowest BCUT2D eigenvalue weighted by Gasteiger charge is -2.34. The normalized spacial score (nSPS) is 13.7. The van der Waals surface area contributed by atoms with Crippen molar-refractivity contribution in [2.75, 3.05) is 19.5 Å². The van der Waals surface area contributed by atoms with Crippen LogP contribution < -0.4 is 15.4 Å². The molecule has 122 valence electrons. The molecule has 0 unspecified atom stereocenters. The molecule has 0 saturated carbocycles. The predicted octanol–water partition coefficient (Wildman–Crippen LogP) is 1.67. The average Bonchev–Trinajstić information content (AvgIpc) is 2.44. The summed E-state index contributed by atoms with van der Waals surface area (Å²) in [4.78, 5) is 22.8. The highest BCUT2D eigenvalue weighted by Crippen LogP contribution is 2.33. The van der Waals surface area contributed by atoms with Gasteiger partial charge >= 0.3 is 17.8 Å². The van der Waals surface area contributed by atoms with Gasteiger partial charge in [-0.1, -0.05) is 0 Å². The van der Waals surface area contributed by atoms with Crippen LogP contribution in [-0.4, -0.2) is 37.9 Å². The van der Waals surface area contributed by atoms with E-state index in [-0.39, 0.29) is 5.69 Å². The third-order valence-electron chi connectivity index (χ3n) is 2.70. The molecule has 2 N–H and O–H groups in total. The van der Waals surface area contributed by atoms with Gasteiger partial charge in [0, 0.05) is 12.6 Å². The molecule has 1 aromatic carbocycles. The standard InChI is InChI=1S/C13H15F3N2O4/c1-8(19)17-12(11(20)22-3,13(14,15)16)18-9-4-6-10(21-2)7-5-9/h4-7,18H,1-3H3,(H,17,19)/t12-/m0/s1. The Morgan fingerprint density at radius 1 is 1.09 bits per heavy atom. The first-order valence-electron chi connectivity index (χ1n) is 6.02. The van der Waals surface area contributed by atoms with Gasteiger partial charge in [-0.25, -0.2) is 4.79 Å². The first-order valence-corrected chi connectivity index (χ1v) is 6.02. The van der Waals surface area contributed by atoms with Crippen LogP contribution in [-0.2, 0) is 14.3 Å². The maximum Gasteiger partial charge on any atom is 0.441 e. The molecule has 0 aliphatic heterocycles. The summed E-state index contributed by atoms with van der Waals surface area (Å²) in [6.07, 6.45) is -5.13. The van der Waals surface area contributed by atoms with Crippen molar-refractivity contribution in [1.29, 1.82) is 0 Å². The molecule has 1 aromatic rings. The van der Waals surface area contributed by atoms with Crippen molar-refractivity contribution < 1.29 is 32.2 Å². The Labute approximate surface area is 124 Å². The Hall–Kier alpha value is -2.45. The molecular formula is C13H15F3N2O4. The number of carbonyl (C=O) groups is 2. The monoisotopic (exact) mass is 320 g/mol. The number of benzene rings is 1. The van der Waals surface area contributed by atoms with Crippen LogP contribution in [0.2, 0.25) is 0 Å². The number of anilines is 1. The summed E-state index contributed by atoms with van der Waals surface area (Å²) in [6.45, 7) is 0.860. The number of carbonyl (C=O) groups excluding carboxylic acids is 2. The minimum absolute atomic E-state index is 0.0581. The Kier molecular flexibility index (Phi) is 5.23. The van der Waals surface area contributed by atoms with E-state index in [0.717, 1.165) is 14.0 Å². The fourth-order valence-electron chi connectivity index (χ4n) is 1.70. The van der Waals surface area contributed by atoms with Crippen molar-refractivity contribution in [3.8, 4) is 5.75 Å². The summed E-state index contributed by atoms with van der Waals surface area (Å²) in [6, 6.07) is 5.33. The van der Waals surface area contributed by atoms with Crippen LogP contribution >= 0.6 is 0 Å². The molecule has 1 amide bonds. The molecule has 0 saturated heterocycles. The second-order valence-electron chi connectivity index (χ2n) is 4.27. The second-order valence-corrected chi connectivity index (χ2v) is 4.27. The molecule has 0 bridgehead atoms. The van der Waals surface area contributed by atoms with Gasteiger partial charge in [-0.2, -0.15) is 13.2 Å². The number of rotatable bonds is 5. The van der Waals surface area contributed by atoms with E-state index < -0.39 is 23.7 Å². The molecule has 6 nitrogen and oxygen atoms in total. The molecule has 1 rings (SSSR count). The molecule has 0 aromatic heterocycles. The SMILES string of the molecule is COC(=O)[C@](NC(C)=O)(Nc1ccc(OC)cc1)C(F)(F)F. The van der Waals surface area contributed by atoms with Crippen LogP contribution in [0.15, 0.2) is 24.3 Å². The third kappa shape index (κ3) is 3.60. The zero-order chi connectivity index (χ0) is 17.0. The molecule has 0 aliphatic carbocycles. The Bertz CT molecular complexity index is 545. The zero-order valence-electron chi connectivity index (χ0n) is 12.1. The number of nitrogens with one attached hydrogen (secondary N) is 2. The molecule has 0 aliphatic rings. The highest BCUT2D eigenvalue weighted by molar-refractivity contribution is 5.90. The van der Waals surface area contributed by atoms with Gasteiger partial charge in [0.15, 0.2) is 0 Å². The smallest absolute Gasteiger partial charge is 0.441 e. The maximum absolute atomic E-state index is 13.4. The number of esters is 1. The summed E-state index contributed by atoms with van der Waals surface area (Å²) in [5.74, 6) is -2.32. The van der Waals surface area contributed by atoms with E-state index in [1.807, 2.05) is 5.32 Å². The van der Waals surface area contributed by atoms with Crippen molar-refractivity contribution in [2.24, 2.45) is 0 Å². The van der Waals surface area contributed by atoms with Crippen LogP contribution in [0.4, 0.5) is 18.9 Å². The van der Waals surface area contributed by atoms with Crippen LogP contribution in [0.1, 0.15) is 6.92 Å². The van der Waals surface area contributed by atoms with Crippen molar-refractivity contribution in [2.45, 2.75) is 18.8 Å². The van der Waals surface area contributed by atoms with E-state index in [4.69, 9.17) is 4.74 Å². The van der Waals surface area contributed by atoms with Gasteiger partial charge in [0.25, 0.3) is 0 Å². The van der Waals surface area contributed by atoms with E-state index in [0.29, 0.717) is 5.75 Å². The molecule has 9 heteroatoms. The molecule has 22 heavy (non-hydrogen) atoms. The molecule has 1 atom stereocenters. The van der Waals surface area contributed by atoms with Crippen LogP contribution in [0.3, 0.4) is 0 Å². The number of methoxy groups -OCH3 is 2. The largest absolute Gasteiger partial charge is 0.497 e. The number of alkyl halides is 3. The Balaban J connectivity index is 3.28. The lowest BCUT2D eigenvalue weighted by atomic mass is 10.1. The van der Waals surface area contributed by atoms with Crippen LogP contribution in [0, 0.1) is 0 Å². The summed E-state index contributed by atoms with van der Waals surface area (Å²) in [7, 11) is 2.19. The van der Waals surface area contributed by atoms with Crippen molar-refractivity contribution >= 4 is 17.6 Å². The van der Waals surface area contributed by atoms with E-state index >= 15 is 0 Å². The van der Waals surface area contributed by atoms with Gasteiger partial charge < -0.3 is 20.1 Å². The Morgan fingerprint density at radius 3 is 2.00 bits per heavy atom. The van der Waals surface area contributed by atoms with Gasteiger partial charge in [-0.05, 0) is 24.3 Å². The predicted molar refractivity (Wildman–Crippen MR) is 71.2 cm³/mol. The second kappa shape index (κ2) is 6.54. The quantitative estimate of drug-likeness (QED) is 0.637. The van der Waals surface area contributed by atoms with Crippen LogP contribution in [0.25, 0.3) is 0 Å². The summed E-state index contributed by atoms with van der Waals surface area (Å²) < 4.78 is 49.3. The van der Waals surface area contributed by atoms with Gasteiger partial charge in [0.05, 0.1) is 14.2 Å². The molecule has 0 spiro atoms. The molecule has 0 heterocycles. The third-order valence-corrected chi connectivity index (χ3v) is 2.70.